The fraction of sp³-hybridized carbons (Fsp3) is 0.176. The number of halogens is 1. The maximum Gasteiger partial charge on any atom is 0.242 e. The summed E-state index contributed by atoms with van der Waals surface area (Å²) in [6.45, 7) is 0.248. The maximum absolute atomic E-state index is 14.4. The van der Waals surface area contributed by atoms with Crippen LogP contribution in [0.4, 0.5) is 15.8 Å². The number of carbonyl (C=O) groups is 1. The first kappa shape index (κ1) is 16.6. The second kappa shape index (κ2) is 7.52. The Morgan fingerprint density at radius 3 is 2.72 bits per heavy atom. The summed E-state index contributed by atoms with van der Waals surface area (Å²) in [6, 6.07) is 14.4. The highest BCUT2D eigenvalue weighted by atomic mass is 19.1. The number of amides is 1. The average Bonchev–Trinajstić information content (AvgIpc) is 3.13. The van der Waals surface area contributed by atoms with Gasteiger partial charge >= 0.3 is 0 Å². The van der Waals surface area contributed by atoms with Crippen LogP contribution in [0.2, 0.25) is 0 Å². The van der Waals surface area contributed by atoms with Crippen LogP contribution < -0.4 is 10.2 Å². The van der Waals surface area contributed by atoms with Crippen molar-refractivity contribution in [2.24, 2.45) is 0 Å². The molecule has 1 heterocycles. The van der Waals surface area contributed by atoms with E-state index in [9.17, 15) is 9.18 Å². The molecule has 0 unspecified atom stereocenters. The van der Waals surface area contributed by atoms with Crippen molar-refractivity contribution in [2.45, 2.75) is 13.1 Å². The molecule has 1 amide bonds. The van der Waals surface area contributed by atoms with Gasteiger partial charge in [0.1, 0.15) is 18.7 Å². The Bertz CT molecular complexity index is 838. The number of anilines is 2. The molecule has 3 aromatic rings. The van der Waals surface area contributed by atoms with E-state index in [1.807, 2.05) is 30.3 Å². The summed E-state index contributed by atoms with van der Waals surface area (Å²) in [6.07, 6.45) is 1.35. The summed E-state index contributed by atoms with van der Waals surface area (Å²) in [5.74, 6) is -0.600. The van der Waals surface area contributed by atoms with Gasteiger partial charge in [-0.2, -0.15) is 0 Å². The highest BCUT2D eigenvalue weighted by molar-refractivity contribution is 5.75. The summed E-state index contributed by atoms with van der Waals surface area (Å²) in [5.41, 5.74) is 2.03. The van der Waals surface area contributed by atoms with Crippen LogP contribution in [-0.2, 0) is 17.9 Å². The van der Waals surface area contributed by atoms with Gasteiger partial charge < -0.3 is 10.2 Å². The number of tetrazole rings is 1. The van der Waals surface area contributed by atoms with Crippen LogP contribution in [0, 0.1) is 5.82 Å². The third kappa shape index (κ3) is 4.17. The normalized spacial score (nSPS) is 10.5. The molecule has 1 N–H and O–H groups in total. The van der Waals surface area contributed by atoms with Crippen LogP contribution in [0.5, 0.6) is 0 Å². The van der Waals surface area contributed by atoms with Crippen molar-refractivity contribution in [3.63, 3.8) is 0 Å². The van der Waals surface area contributed by atoms with E-state index in [4.69, 9.17) is 0 Å². The number of nitrogens with zero attached hydrogens (tertiary/aromatic N) is 5. The van der Waals surface area contributed by atoms with Crippen molar-refractivity contribution in [3.8, 4) is 0 Å². The SMILES string of the molecule is CN(c1ccccc1)c1ccc(CNC(=O)Cn2cnnn2)cc1F. The molecule has 3 rings (SSSR count). The van der Waals surface area contributed by atoms with E-state index in [1.165, 1.54) is 17.1 Å². The lowest BCUT2D eigenvalue weighted by molar-refractivity contribution is -0.122. The first-order chi connectivity index (χ1) is 12.1. The standard InChI is InChI=1S/C17H17FN6O/c1-23(14-5-3-2-4-6-14)16-8-7-13(9-15(16)18)10-19-17(25)11-24-12-20-21-22-24/h2-9,12H,10-11H2,1H3,(H,19,25). The van der Waals surface area contributed by atoms with Crippen molar-refractivity contribution in [3.05, 3.63) is 66.2 Å². The van der Waals surface area contributed by atoms with E-state index in [2.05, 4.69) is 20.8 Å². The predicted molar refractivity (Wildman–Crippen MR) is 90.6 cm³/mol. The van der Waals surface area contributed by atoms with Crippen molar-refractivity contribution in [1.82, 2.24) is 25.5 Å². The van der Waals surface area contributed by atoms with E-state index in [0.717, 1.165) is 5.69 Å². The highest BCUT2D eigenvalue weighted by Crippen LogP contribution is 2.26. The second-order valence-corrected chi connectivity index (χ2v) is 5.46. The van der Waals surface area contributed by atoms with Gasteiger partial charge in [-0.25, -0.2) is 9.07 Å². The molecule has 0 saturated heterocycles. The molecule has 0 aliphatic heterocycles. The fourth-order valence-electron chi connectivity index (χ4n) is 2.38. The predicted octanol–water partition coefficient (Wildman–Crippen LogP) is 1.90. The van der Waals surface area contributed by atoms with Gasteiger partial charge in [0.2, 0.25) is 5.91 Å². The monoisotopic (exact) mass is 340 g/mol. The number of benzene rings is 2. The zero-order valence-electron chi connectivity index (χ0n) is 13.6. The molecule has 2 aromatic carbocycles. The molecule has 0 aliphatic carbocycles. The minimum atomic E-state index is -0.349. The van der Waals surface area contributed by atoms with Gasteiger partial charge in [0.25, 0.3) is 0 Å². The van der Waals surface area contributed by atoms with Gasteiger partial charge in [0.15, 0.2) is 0 Å². The Morgan fingerprint density at radius 2 is 2.04 bits per heavy atom. The minimum absolute atomic E-state index is 0.0182. The molecule has 0 fully saturated rings. The van der Waals surface area contributed by atoms with Crippen molar-refractivity contribution in [2.75, 3.05) is 11.9 Å². The smallest absolute Gasteiger partial charge is 0.242 e. The lowest BCUT2D eigenvalue weighted by Gasteiger charge is -2.20. The summed E-state index contributed by atoms with van der Waals surface area (Å²) in [4.78, 5) is 13.6. The second-order valence-electron chi connectivity index (χ2n) is 5.46. The maximum atomic E-state index is 14.4. The molecule has 0 aliphatic rings. The molecule has 0 saturated carbocycles. The van der Waals surface area contributed by atoms with E-state index >= 15 is 0 Å². The molecule has 1 aromatic heterocycles. The Labute approximate surface area is 144 Å². The topological polar surface area (TPSA) is 75.9 Å². The molecule has 0 atom stereocenters. The molecular weight excluding hydrogens is 323 g/mol. The lowest BCUT2D eigenvalue weighted by Crippen LogP contribution is -2.27. The van der Waals surface area contributed by atoms with E-state index in [0.29, 0.717) is 11.3 Å². The molecule has 0 radical (unpaired) electrons. The molecule has 7 nitrogen and oxygen atoms in total. The Balaban J connectivity index is 1.62. The molecule has 8 heteroatoms. The molecular formula is C17H17FN6O. The number of rotatable bonds is 6. The minimum Gasteiger partial charge on any atom is -0.350 e. The number of nitrogens with one attached hydrogen (secondary N) is 1. The van der Waals surface area contributed by atoms with Crippen LogP contribution in [0.1, 0.15) is 5.56 Å². The highest BCUT2D eigenvalue weighted by Gasteiger charge is 2.11. The number of aromatic nitrogens is 4. The Morgan fingerprint density at radius 1 is 1.24 bits per heavy atom. The molecule has 0 bridgehead atoms. The zero-order chi connectivity index (χ0) is 17.6. The van der Waals surface area contributed by atoms with Gasteiger partial charge in [-0.05, 0) is 40.3 Å². The van der Waals surface area contributed by atoms with E-state index < -0.39 is 0 Å². The Hall–Kier alpha value is -3.29. The largest absolute Gasteiger partial charge is 0.350 e. The van der Waals surface area contributed by atoms with Gasteiger partial charge in [-0.15, -0.1) is 5.10 Å². The summed E-state index contributed by atoms with van der Waals surface area (Å²) in [7, 11) is 1.81. The zero-order valence-corrected chi connectivity index (χ0v) is 13.6. The summed E-state index contributed by atoms with van der Waals surface area (Å²) < 4.78 is 15.7. The van der Waals surface area contributed by atoms with Gasteiger partial charge in [0, 0.05) is 19.3 Å². The number of carbonyl (C=O) groups excluding carboxylic acids is 1. The van der Waals surface area contributed by atoms with E-state index in [1.54, 1.807) is 24.1 Å². The van der Waals surface area contributed by atoms with E-state index in [-0.39, 0.29) is 24.8 Å². The average molecular weight is 340 g/mol. The number of hydrogen-bond donors (Lipinski definition) is 1. The quantitative estimate of drug-likeness (QED) is 0.742. The third-order valence-electron chi connectivity index (χ3n) is 3.70. The van der Waals surface area contributed by atoms with Crippen LogP contribution >= 0.6 is 0 Å². The van der Waals surface area contributed by atoms with Crippen LogP contribution in [0.25, 0.3) is 0 Å². The number of hydrogen-bond acceptors (Lipinski definition) is 5. The van der Waals surface area contributed by atoms with Crippen molar-refractivity contribution >= 4 is 17.3 Å². The first-order valence-corrected chi connectivity index (χ1v) is 7.68. The molecule has 25 heavy (non-hydrogen) atoms. The van der Waals surface area contributed by atoms with Crippen molar-refractivity contribution in [1.29, 1.82) is 0 Å². The molecule has 0 spiro atoms. The van der Waals surface area contributed by atoms with Crippen LogP contribution in [-0.4, -0.2) is 33.2 Å². The lowest BCUT2D eigenvalue weighted by atomic mass is 10.1. The molecule has 128 valence electrons. The van der Waals surface area contributed by atoms with Gasteiger partial charge in [-0.1, -0.05) is 24.3 Å². The first-order valence-electron chi connectivity index (χ1n) is 7.68. The van der Waals surface area contributed by atoms with Crippen molar-refractivity contribution < 1.29 is 9.18 Å². The summed E-state index contributed by atoms with van der Waals surface area (Å²) >= 11 is 0. The van der Waals surface area contributed by atoms with Gasteiger partial charge in [0.05, 0.1) is 5.69 Å². The third-order valence-corrected chi connectivity index (χ3v) is 3.70. The fourth-order valence-corrected chi connectivity index (χ4v) is 2.38. The Kier molecular flexibility index (Phi) is 4.98. The van der Waals surface area contributed by atoms with Crippen LogP contribution in [0.3, 0.4) is 0 Å². The number of para-hydroxylation sites is 1. The van der Waals surface area contributed by atoms with Crippen LogP contribution in [0.15, 0.2) is 54.9 Å². The van der Waals surface area contributed by atoms with Gasteiger partial charge in [-0.3, -0.25) is 4.79 Å². The summed E-state index contributed by atoms with van der Waals surface area (Å²) in [5, 5.41) is 13.2.